The highest BCUT2D eigenvalue weighted by atomic mass is 16.5. The Morgan fingerprint density at radius 2 is 0.770 bits per heavy atom. The Morgan fingerprint density at radius 3 is 1.18 bits per heavy atom. The molecule has 0 saturated carbocycles. The van der Waals surface area contributed by atoms with Crippen LogP contribution in [0.3, 0.4) is 0 Å². The molecule has 10 aromatic rings. The summed E-state index contributed by atoms with van der Waals surface area (Å²) in [6.45, 7) is 24.7. The number of carbonyl (C=O) groups is 2. The smallest absolute Gasteiger partial charge is 0.409 e. The zero-order chi connectivity index (χ0) is 87.4. The van der Waals surface area contributed by atoms with Gasteiger partial charge in [0.2, 0.25) is 5.91 Å². The predicted molar refractivity (Wildman–Crippen MR) is 506 cm³/mol. The first-order chi connectivity index (χ1) is 61.7. The molecule has 10 heterocycles. The van der Waals surface area contributed by atoms with E-state index in [0.29, 0.717) is 74.1 Å². The van der Waals surface area contributed by atoms with Crippen molar-refractivity contribution < 1.29 is 38.7 Å². The number of ether oxygens (including phenoxy) is 4. The van der Waals surface area contributed by atoms with Crippen LogP contribution in [0.5, 0.6) is 5.75 Å². The fraction of sp³-hybridized carbons (Fsp3) is 0.444. The zero-order valence-electron chi connectivity index (χ0n) is 75.6. The van der Waals surface area contributed by atoms with Gasteiger partial charge in [-0.3, -0.25) is 39.3 Å². The zero-order valence-corrected chi connectivity index (χ0v) is 75.6. The Labute approximate surface area is 749 Å². The molecular formula is C108H134N10O8. The Hall–Kier alpha value is -9.80. The van der Waals surface area contributed by atoms with Gasteiger partial charge in [0, 0.05) is 157 Å². The quantitative estimate of drug-likeness (QED) is 0.0698. The molecule has 8 aromatic carbocycles. The van der Waals surface area contributed by atoms with Crippen LogP contribution < -0.4 is 4.74 Å². The summed E-state index contributed by atoms with van der Waals surface area (Å²) >= 11 is 0. The topological polar surface area (TPSA) is 163 Å². The van der Waals surface area contributed by atoms with Gasteiger partial charge in [-0.1, -0.05) is 212 Å². The van der Waals surface area contributed by atoms with Crippen LogP contribution in [0.25, 0.3) is 44.5 Å². The van der Waals surface area contributed by atoms with E-state index in [9.17, 15) is 19.8 Å². The molecule has 0 spiro atoms. The van der Waals surface area contributed by atoms with E-state index in [1.165, 1.54) is 143 Å². The van der Waals surface area contributed by atoms with Gasteiger partial charge in [-0.05, 0) is 233 Å². The van der Waals surface area contributed by atoms with Crippen LogP contribution in [0.1, 0.15) is 138 Å². The highest BCUT2D eigenvalue weighted by molar-refractivity contribution is 5.79. The molecule has 8 fully saturated rings. The average Bonchev–Trinajstić information content (AvgIpc) is 0.759. The van der Waals surface area contributed by atoms with Gasteiger partial charge in [0.25, 0.3) is 0 Å². The van der Waals surface area contributed by atoms with Crippen molar-refractivity contribution in [3.05, 3.63) is 293 Å². The first kappa shape index (κ1) is 91.0. The molecule has 8 aliphatic heterocycles. The molecule has 126 heavy (non-hydrogen) atoms. The summed E-state index contributed by atoms with van der Waals surface area (Å²) < 4.78 is 21.6. The molecule has 8 aliphatic rings. The third-order valence-corrected chi connectivity index (χ3v) is 28.1. The molecule has 2 amide bonds. The van der Waals surface area contributed by atoms with Crippen molar-refractivity contribution in [1.82, 2.24) is 49.2 Å². The van der Waals surface area contributed by atoms with E-state index < -0.39 is 0 Å². The van der Waals surface area contributed by atoms with Gasteiger partial charge in [-0.25, -0.2) is 4.79 Å². The Bertz CT molecular complexity index is 5070. The van der Waals surface area contributed by atoms with E-state index in [0.717, 1.165) is 107 Å². The van der Waals surface area contributed by atoms with E-state index in [1.807, 2.05) is 65.7 Å². The van der Waals surface area contributed by atoms with E-state index in [1.54, 1.807) is 26.6 Å². The van der Waals surface area contributed by atoms with Crippen molar-refractivity contribution >= 4 is 12.0 Å². The van der Waals surface area contributed by atoms with E-state index in [2.05, 4.69) is 249 Å². The van der Waals surface area contributed by atoms with Gasteiger partial charge in [-0.15, -0.1) is 0 Å². The number of aliphatic hydroxyl groups is 2. The van der Waals surface area contributed by atoms with Gasteiger partial charge < -0.3 is 43.9 Å². The molecular weight excluding hydrogens is 1570 g/mol. The third-order valence-electron chi connectivity index (χ3n) is 28.1. The van der Waals surface area contributed by atoms with Crippen molar-refractivity contribution in [2.24, 2.45) is 0 Å². The largest absolute Gasteiger partial charge is 0.497 e. The number of aryl methyl sites for hydroxylation is 3. The summed E-state index contributed by atoms with van der Waals surface area (Å²) in [6.07, 6.45) is 17.9. The van der Waals surface area contributed by atoms with Crippen LogP contribution in [0.15, 0.2) is 243 Å². The van der Waals surface area contributed by atoms with Crippen LogP contribution in [0.4, 0.5) is 4.79 Å². The highest BCUT2D eigenvalue weighted by Gasteiger charge is 2.53. The minimum Gasteiger partial charge on any atom is -0.497 e. The molecule has 0 aliphatic carbocycles. The number of hydrogen-bond acceptors (Lipinski definition) is 16. The average molecular weight is 1700 g/mol. The molecule has 664 valence electrons. The van der Waals surface area contributed by atoms with Crippen molar-refractivity contribution in [1.29, 1.82) is 0 Å². The van der Waals surface area contributed by atoms with Crippen LogP contribution in [0, 0.1) is 20.8 Å². The van der Waals surface area contributed by atoms with E-state index in [-0.39, 0.29) is 49.3 Å². The van der Waals surface area contributed by atoms with Crippen molar-refractivity contribution in [2.45, 2.75) is 170 Å². The third kappa shape index (κ3) is 21.8. The van der Waals surface area contributed by atoms with E-state index in [4.69, 9.17) is 18.9 Å². The second-order valence-electron chi connectivity index (χ2n) is 36.2. The molecule has 18 rings (SSSR count). The number of amides is 2. The normalized spacial score (nSPS) is 24.1. The maximum Gasteiger partial charge on any atom is 0.409 e. The molecule has 0 bridgehead atoms. The monoisotopic (exact) mass is 1700 g/mol. The summed E-state index contributed by atoms with van der Waals surface area (Å²) in [6, 6.07) is 80.9. The summed E-state index contributed by atoms with van der Waals surface area (Å²) in [5, 5.41) is 20.5. The molecule has 18 heteroatoms. The van der Waals surface area contributed by atoms with Crippen molar-refractivity contribution in [2.75, 3.05) is 140 Å². The second kappa shape index (κ2) is 44.3. The van der Waals surface area contributed by atoms with Crippen LogP contribution in [-0.4, -0.2) is 260 Å². The number of nitrogens with zero attached hydrogens (tertiary/aromatic N) is 10. The Balaban J connectivity index is 0.000000130. The summed E-state index contributed by atoms with van der Waals surface area (Å²) in [5.41, 5.74) is 21.4. The fourth-order valence-electron chi connectivity index (χ4n) is 21.8. The Morgan fingerprint density at radius 1 is 0.381 bits per heavy atom. The van der Waals surface area contributed by atoms with Gasteiger partial charge in [0.05, 0.1) is 47.1 Å². The minimum absolute atomic E-state index is 0.0953. The second-order valence-corrected chi connectivity index (χ2v) is 36.2. The predicted octanol–water partition coefficient (Wildman–Crippen LogP) is 17.5. The number of aromatic nitrogens is 2. The number of hydrogen-bond donors (Lipinski definition) is 2. The Kier molecular flexibility index (Phi) is 32.0. The molecule has 0 unspecified atom stereocenters. The molecule has 12 atom stereocenters. The van der Waals surface area contributed by atoms with Gasteiger partial charge >= 0.3 is 6.09 Å². The summed E-state index contributed by atoms with van der Waals surface area (Å²) in [4.78, 5) is 53.2. The highest BCUT2D eigenvalue weighted by Crippen LogP contribution is 2.48. The van der Waals surface area contributed by atoms with Crippen LogP contribution in [0.2, 0.25) is 0 Å². The SMILES string of the molecule is CCCN1CCCCN2[C@H](COC)[C@@H](c3ccc(-c4cccc(C)c4)cc3)[C@@H]2C1.COC[C@@H]1[C@@H](c2ccc(-c3cccc(C)c3)cc2)[C@@H]2CN(C(=O)OC)CCCCN12.COc1cccc(-c2ccc([C@@H]3[C@@H](CO)N4CCCCN(C(=O)Cc5ccncc5)C[C@@H]34)cc2)c1.Cc1cccc(-c2ccc([C@H]3[C@@H](CO)N4CCCCN(Cc5cccnc5)C[C@H]34)cc2)c1. The first-order valence-electron chi connectivity index (χ1n) is 46.5. The fourth-order valence-corrected chi connectivity index (χ4v) is 21.8. The lowest BCUT2D eigenvalue weighted by atomic mass is 9.74. The summed E-state index contributed by atoms with van der Waals surface area (Å²) in [7, 11) is 6.77. The molecule has 8 saturated heterocycles. The first-order valence-corrected chi connectivity index (χ1v) is 46.5. The van der Waals surface area contributed by atoms with Gasteiger partial charge in [-0.2, -0.15) is 0 Å². The van der Waals surface area contributed by atoms with E-state index >= 15 is 0 Å². The standard InChI is InChI=1S/C29H33N3O3.C28H33N3O.C26H36N2O.C25H32N2O3/c1-35-25-6-4-5-24(18-25)22-7-9-23(10-8-22)29-26-19-31(15-2-3-16-32(26)27(29)20-33)28(34)17-21-11-13-30-14-12-21;1-21-6-4-8-25(16-21)23-9-11-24(12-10-23)28-26-19-30(18-22-7-5-13-29-17-22)14-2-3-15-31(26)27(28)20-32;1-4-14-27-15-5-6-16-28-24(18-27)26(25(28)19-29-3)22-12-10-21(11-13-22)23-9-7-8-20(2)17-23;1-18-7-6-8-21(15-18)19-9-11-20(12-10-19)24-22-16-26(25(28)30-3)13-4-5-14-27(22)23(24)17-29-2/h4-14,18,26-27,29,33H,2-3,15-17,19-20H2,1H3;4-13,16-17,26-28,32H,2-3,14-15,18-20H2,1H3;7-13,17,24-26H,4-6,14-16,18-19H2,1-3H3;6-12,15,22-24H,4-5,13-14,16-17H2,1-3H3/t26-,27+,29-;26-,27-,28-;24-,25+,26-;22-,23+,24-/m0100/s1. The lowest BCUT2D eigenvalue weighted by Crippen LogP contribution is -2.68. The lowest BCUT2D eigenvalue weighted by Gasteiger charge is -2.57. The molecule has 2 N–H and O–H groups in total. The van der Waals surface area contributed by atoms with Gasteiger partial charge in [0.15, 0.2) is 0 Å². The number of rotatable bonds is 21. The van der Waals surface area contributed by atoms with Gasteiger partial charge in [0.1, 0.15) is 5.75 Å². The number of benzene rings is 8. The number of aliphatic hydroxyl groups excluding tert-OH is 2. The van der Waals surface area contributed by atoms with Crippen molar-refractivity contribution in [3.8, 4) is 50.3 Å². The van der Waals surface area contributed by atoms with Crippen molar-refractivity contribution in [3.63, 3.8) is 0 Å². The maximum absolute atomic E-state index is 13.2. The molecule has 18 nitrogen and oxygen atoms in total. The number of fused-ring (bicyclic) bond motifs is 4. The number of methoxy groups -OCH3 is 4. The van der Waals surface area contributed by atoms with Crippen LogP contribution >= 0.6 is 0 Å². The number of pyridine rings is 2. The maximum atomic E-state index is 13.2. The minimum atomic E-state index is -0.222. The number of carbonyl (C=O) groups excluding carboxylic acids is 2. The lowest BCUT2D eigenvalue weighted by molar-refractivity contribution is -0.135. The summed E-state index contributed by atoms with van der Waals surface area (Å²) in [5.74, 6) is 2.50. The molecule has 2 aromatic heterocycles. The molecule has 0 radical (unpaired) electrons. The van der Waals surface area contributed by atoms with Crippen LogP contribution in [-0.2, 0) is 32.0 Å².